The van der Waals surface area contributed by atoms with Gasteiger partial charge in [0.1, 0.15) is 11.9 Å². The molecule has 0 spiro atoms. The lowest BCUT2D eigenvalue weighted by molar-refractivity contribution is -0.137. The van der Waals surface area contributed by atoms with Crippen molar-refractivity contribution < 1.29 is 24.9 Å². The summed E-state index contributed by atoms with van der Waals surface area (Å²) in [6, 6.07) is 18.1. The largest absolute Gasteiger partial charge is 0.478 e. The van der Waals surface area contributed by atoms with E-state index in [4.69, 9.17) is 0 Å². The van der Waals surface area contributed by atoms with Crippen LogP contribution in [-0.2, 0) is 9.59 Å². The lowest BCUT2D eigenvalue weighted by atomic mass is 10.0. The van der Waals surface area contributed by atoms with E-state index < -0.39 is 18.1 Å². The lowest BCUT2D eigenvalue weighted by Crippen LogP contribution is -2.50. The maximum atomic E-state index is 12.1. The summed E-state index contributed by atoms with van der Waals surface area (Å²) in [6.45, 7) is -0.0612. The van der Waals surface area contributed by atoms with Gasteiger partial charge >= 0.3 is 11.9 Å². The summed E-state index contributed by atoms with van der Waals surface area (Å²) in [5, 5.41) is 29.0. The first-order valence-corrected chi connectivity index (χ1v) is 8.48. The zero-order chi connectivity index (χ0) is 19.4. The number of aliphatic carboxylic acids is 2. The average molecular weight is 368 g/mol. The molecule has 3 N–H and O–H groups in total. The first kappa shape index (κ1) is 18.6. The number of hydrogen-bond acceptors (Lipinski definition) is 5. The molecule has 7 heteroatoms. The van der Waals surface area contributed by atoms with Crippen molar-refractivity contribution in [2.75, 3.05) is 24.6 Å². The van der Waals surface area contributed by atoms with Crippen molar-refractivity contribution in [3.8, 4) is 0 Å². The van der Waals surface area contributed by atoms with Gasteiger partial charge in [-0.15, -0.1) is 0 Å². The second-order valence-corrected chi connectivity index (χ2v) is 6.12. The predicted octanol–water partition coefficient (Wildman–Crippen LogP) is 1.92. The van der Waals surface area contributed by atoms with Crippen molar-refractivity contribution in [1.29, 1.82) is 0 Å². The summed E-state index contributed by atoms with van der Waals surface area (Å²) in [5.74, 6) is -2.59. The van der Waals surface area contributed by atoms with Gasteiger partial charge in [0.25, 0.3) is 0 Å². The molecule has 2 aromatic rings. The predicted molar refractivity (Wildman–Crippen MR) is 99.1 cm³/mol. The molecule has 0 saturated carbocycles. The summed E-state index contributed by atoms with van der Waals surface area (Å²) in [6.07, 6.45) is -0.560. The highest BCUT2D eigenvalue weighted by Gasteiger charge is 2.40. The second-order valence-electron chi connectivity index (χ2n) is 6.12. The molecule has 1 aliphatic rings. The van der Waals surface area contributed by atoms with Gasteiger partial charge in [-0.25, -0.2) is 9.59 Å². The highest BCUT2D eigenvalue weighted by atomic mass is 16.4. The van der Waals surface area contributed by atoms with Crippen LogP contribution in [0, 0.1) is 0 Å². The maximum absolute atomic E-state index is 12.1. The Morgan fingerprint density at radius 2 is 1.52 bits per heavy atom. The van der Waals surface area contributed by atoms with E-state index in [-0.39, 0.29) is 31.0 Å². The fourth-order valence-corrected chi connectivity index (χ4v) is 3.37. The third-order valence-electron chi connectivity index (χ3n) is 4.46. The van der Waals surface area contributed by atoms with Gasteiger partial charge in [0.15, 0.2) is 0 Å². The maximum Gasteiger partial charge on any atom is 0.353 e. The highest BCUT2D eigenvalue weighted by molar-refractivity contribution is 6.02. The van der Waals surface area contributed by atoms with Gasteiger partial charge in [0.2, 0.25) is 0 Å². The van der Waals surface area contributed by atoms with E-state index in [0.29, 0.717) is 5.69 Å². The van der Waals surface area contributed by atoms with Gasteiger partial charge in [0.05, 0.1) is 12.2 Å². The van der Waals surface area contributed by atoms with Crippen LogP contribution in [0.3, 0.4) is 0 Å². The van der Waals surface area contributed by atoms with Crippen LogP contribution in [0.2, 0.25) is 0 Å². The van der Waals surface area contributed by atoms with Crippen LogP contribution < -0.4 is 4.90 Å². The number of carbonyl (C=O) groups is 2. The van der Waals surface area contributed by atoms with Gasteiger partial charge in [-0.1, -0.05) is 48.5 Å². The quantitative estimate of drug-likeness (QED) is 0.716. The Morgan fingerprint density at radius 1 is 0.926 bits per heavy atom. The minimum atomic E-state index is -1.30. The fourth-order valence-electron chi connectivity index (χ4n) is 3.37. The Hall–Kier alpha value is -3.16. The van der Waals surface area contributed by atoms with Gasteiger partial charge in [0, 0.05) is 18.8 Å². The van der Waals surface area contributed by atoms with Crippen LogP contribution in [0.5, 0.6) is 0 Å². The Bertz CT molecular complexity index is 851. The second kappa shape index (κ2) is 8.03. The van der Waals surface area contributed by atoms with Gasteiger partial charge in [-0.05, 0) is 17.7 Å². The molecule has 2 aromatic carbocycles. The summed E-state index contributed by atoms with van der Waals surface area (Å²) in [4.78, 5) is 27.1. The number of carboxylic acids is 2. The van der Waals surface area contributed by atoms with E-state index in [0.717, 1.165) is 5.56 Å². The van der Waals surface area contributed by atoms with Crippen molar-refractivity contribution in [2.45, 2.75) is 6.17 Å². The molecule has 0 fully saturated rings. The molecule has 1 heterocycles. The molecule has 1 unspecified atom stereocenters. The molecule has 1 atom stereocenters. The molecule has 140 valence electrons. The zero-order valence-electron chi connectivity index (χ0n) is 14.5. The van der Waals surface area contributed by atoms with Gasteiger partial charge in [-0.2, -0.15) is 0 Å². The van der Waals surface area contributed by atoms with E-state index in [1.54, 1.807) is 35.2 Å². The molecular weight excluding hydrogens is 348 g/mol. The van der Waals surface area contributed by atoms with Crippen molar-refractivity contribution in [2.24, 2.45) is 0 Å². The molecule has 0 bridgehead atoms. The Morgan fingerprint density at radius 3 is 2.04 bits per heavy atom. The lowest BCUT2D eigenvalue weighted by Gasteiger charge is -2.45. The zero-order valence-corrected chi connectivity index (χ0v) is 14.5. The third kappa shape index (κ3) is 3.69. The number of carboxylic acid groups (broad SMARTS) is 2. The number of benzene rings is 2. The molecule has 0 aliphatic carbocycles. The van der Waals surface area contributed by atoms with Gasteiger partial charge in [-0.3, -0.25) is 4.90 Å². The van der Waals surface area contributed by atoms with Crippen LogP contribution >= 0.6 is 0 Å². The molecule has 3 rings (SSSR count). The third-order valence-corrected chi connectivity index (χ3v) is 4.46. The van der Waals surface area contributed by atoms with Gasteiger partial charge < -0.3 is 20.2 Å². The minimum absolute atomic E-state index is 0.0829. The van der Waals surface area contributed by atoms with Crippen LogP contribution in [-0.4, -0.2) is 51.9 Å². The molecule has 1 aliphatic heterocycles. The first-order chi connectivity index (χ1) is 13.0. The Kier molecular flexibility index (Phi) is 5.54. The van der Waals surface area contributed by atoms with E-state index in [9.17, 15) is 24.9 Å². The van der Waals surface area contributed by atoms with Crippen LogP contribution in [0.15, 0.2) is 71.9 Å². The normalized spacial score (nSPS) is 17.8. The highest BCUT2D eigenvalue weighted by Crippen LogP contribution is 2.38. The Labute approximate surface area is 156 Å². The average Bonchev–Trinajstić information content (AvgIpc) is 2.68. The number of nitrogens with zero attached hydrogens (tertiary/aromatic N) is 2. The summed E-state index contributed by atoms with van der Waals surface area (Å²) in [5.41, 5.74) is 0.881. The summed E-state index contributed by atoms with van der Waals surface area (Å²) >= 11 is 0. The van der Waals surface area contributed by atoms with E-state index in [1.165, 1.54) is 4.90 Å². The number of rotatable bonds is 6. The van der Waals surface area contributed by atoms with Crippen LogP contribution in [0.1, 0.15) is 11.7 Å². The van der Waals surface area contributed by atoms with E-state index >= 15 is 0 Å². The van der Waals surface area contributed by atoms with Crippen molar-refractivity contribution >= 4 is 17.6 Å². The topological polar surface area (TPSA) is 101 Å². The number of para-hydroxylation sites is 1. The SMILES string of the molecule is O=C(O)C1=C(C(=O)O)N(c2ccccc2)C(c2ccccc2)N(CCO)C1. The van der Waals surface area contributed by atoms with Crippen molar-refractivity contribution in [1.82, 2.24) is 4.90 Å². The number of hydrogen-bond donors (Lipinski definition) is 3. The molecular formula is C20H20N2O5. The van der Waals surface area contributed by atoms with Crippen LogP contribution in [0.4, 0.5) is 5.69 Å². The van der Waals surface area contributed by atoms with E-state index in [1.807, 2.05) is 30.3 Å². The smallest absolute Gasteiger partial charge is 0.353 e. The fraction of sp³-hybridized carbons (Fsp3) is 0.200. The first-order valence-electron chi connectivity index (χ1n) is 8.48. The minimum Gasteiger partial charge on any atom is -0.478 e. The molecule has 0 radical (unpaired) electrons. The molecule has 0 amide bonds. The van der Waals surface area contributed by atoms with Crippen LogP contribution in [0.25, 0.3) is 0 Å². The Balaban J connectivity index is 2.27. The molecule has 7 nitrogen and oxygen atoms in total. The number of aliphatic hydroxyl groups excluding tert-OH is 1. The summed E-state index contributed by atoms with van der Waals surface area (Å²) < 4.78 is 0. The number of anilines is 1. The van der Waals surface area contributed by atoms with Crippen molar-refractivity contribution in [3.05, 3.63) is 77.5 Å². The number of β-amino-alcohol motifs (C(OH)–C–C–N with tert-alkyl or cyclic N) is 1. The molecule has 0 saturated heterocycles. The van der Waals surface area contributed by atoms with Crippen molar-refractivity contribution in [3.63, 3.8) is 0 Å². The molecule has 27 heavy (non-hydrogen) atoms. The standard InChI is InChI=1S/C20H20N2O5/c23-12-11-21-13-16(19(24)25)17(20(26)27)22(15-9-5-2-6-10-15)18(21)14-7-3-1-4-8-14/h1-10,18,23H,11-13H2,(H,24,25)(H,26,27). The van der Waals surface area contributed by atoms with E-state index in [2.05, 4.69) is 0 Å². The number of aliphatic hydroxyl groups is 1. The molecule has 0 aromatic heterocycles. The summed E-state index contributed by atoms with van der Waals surface area (Å²) in [7, 11) is 0. The monoisotopic (exact) mass is 368 g/mol.